The lowest BCUT2D eigenvalue weighted by Gasteiger charge is -2.21. The minimum absolute atomic E-state index is 0.179. The van der Waals surface area contributed by atoms with Crippen LogP contribution in [0.15, 0.2) is 16.3 Å². The Balaban J connectivity index is 2.91. The van der Waals surface area contributed by atoms with Gasteiger partial charge in [0, 0.05) is 38.8 Å². The fourth-order valence-corrected chi connectivity index (χ4v) is 4.47. The first kappa shape index (κ1) is 17.5. The molecule has 0 amide bonds. The number of aliphatic hydroxyl groups is 1. The zero-order chi connectivity index (χ0) is 15.0. The van der Waals surface area contributed by atoms with Crippen LogP contribution in [0.2, 0.25) is 0 Å². The van der Waals surface area contributed by atoms with E-state index in [-0.39, 0.29) is 18.0 Å². The van der Waals surface area contributed by atoms with Gasteiger partial charge in [0.2, 0.25) is 10.0 Å². The maximum absolute atomic E-state index is 12.6. The van der Waals surface area contributed by atoms with Gasteiger partial charge in [-0.1, -0.05) is 0 Å². The van der Waals surface area contributed by atoms with Gasteiger partial charge < -0.3 is 14.6 Å². The summed E-state index contributed by atoms with van der Waals surface area (Å²) >= 11 is 1.23. The van der Waals surface area contributed by atoms with E-state index in [1.165, 1.54) is 28.8 Å². The van der Waals surface area contributed by atoms with Crippen LogP contribution in [-0.4, -0.2) is 58.4 Å². The zero-order valence-corrected chi connectivity index (χ0v) is 13.4. The van der Waals surface area contributed by atoms with E-state index < -0.39 is 10.0 Å². The van der Waals surface area contributed by atoms with Crippen LogP contribution in [0.1, 0.15) is 11.3 Å². The van der Waals surface area contributed by atoms with Crippen molar-refractivity contribution in [3.05, 3.63) is 16.3 Å². The summed E-state index contributed by atoms with van der Waals surface area (Å²) in [6.07, 6.45) is 0.609. The average Bonchev–Trinajstić information content (AvgIpc) is 2.91. The Labute approximate surface area is 124 Å². The minimum atomic E-state index is -3.61. The molecule has 0 aliphatic rings. The summed E-state index contributed by atoms with van der Waals surface area (Å²) in [5, 5.41) is 10.9. The number of aliphatic hydroxyl groups excluding tert-OH is 1. The summed E-state index contributed by atoms with van der Waals surface area (Å²) in [6, 6.07) is 1.53. The maximum atomic E-state index is 12.6. The van der Waals surface area contributed by atoms with Crippen LogP contribution in [0.25, 0.3) is 0 Å². The van der Waals surface area contributed by atoms with E-state index in [2.05, 4.69) is 0 Å². The highest BCUT2D eigenvalue weighted by atomic mass is 32.2. The van der Waals surface area contributed by atoms with Crippen LogP contribution in [0.3, 0.4) is 0 Å². The molecule has 0 bridgehead atoms. The monoisotopic (exact) mass is 323 g/mol. The van der Waals surface area contributed by atoms with Gasteiger partial charge in [0.05, 0.1) is 18.1 Å². The molecule has 0 radical (unpaired) electrons. The second-order valence-electron chi connectivity index (χ2n) is 4.11. The second-order valence-corrected chi connectivity index (χ2v) is 7.02. The van der Waals surface area contributed by atoms with Gasteiger partial charge in [-0.15, -0.1) is 11.3 Å². The van der Waals surface area contributed by atoms with Gasteiger partial charge in [0.15, 0.2) is 0 Å². The normalized spacial score (nSPS) is 12.2. The molecule has 0 saturated carbocycles. The molecule has 1 aromatic rings. The molecule has 0 saturated heterocycles. The van der Waals surface area contributed by atoms with E-state index in [1.54, 1.807) is 12.5 Å². The number of hydrogen-bond acceptors (Lipinski definition) is 6. The van der Waals surface area contributed by atoms with E-state index in [4.69, 9.17) is 9.47 Å². The molecule has 0 spiro atoms. The Morgan fingerprint density at radius 3 is 2.55 bits per heavy atom. The van der Waals surface area contributed by atoms with Crippen LogP contribution in [-0.2, 0) is 26.1 Å². The SMILES string of the molecule is COCCCN(CCOC)S(=O)(=O)c1ccsc1CO. The lowest BCUT2D eigenvalue weighted by atomic mass is 10.4. The molecule has 8 heteroatoms. The third-order valence-electron chi connectivity index (χ3n) is 2.77. The second kappa shape index (κ2) is 8.71. The fourth-order valence-electron chi connectivity index (χ4n) is 1.74. The van der Waals surface area contributed by atoms with Gasteiger partial charge in [0.1, 0.15) is 0 Å². The molecular formula is C12H21NO5S2. The van der Waals surface area contributed by atoms with Gasteiger partial charge in [-0.05, 0) is 17.9 Å². The van der Waals surface area contributed by atoms with Crippen molar-refractivity contribution in [2.24, 2.45) is 0 Å². The lowest BCUT2D eigenvalue weighted by Crippen LogP contribution is -2.35. The molecule has 0 aliphatic carbocycles. The third kappa shape index (κ3) is 4.51. The summed E-state index contributed by atoms with van der Waals surface area (Å²) < 4.78 is 36.5. The molecule has 0 aliphatic heterocycles. The summed E-state index contributed by atoms with van der Waals surface area (Å²) in [4.78, 5) is 0.637. The number of sulfonamides is 1. The number of methoxy groups -OCH3 is 2. The first-order valence-electron chi connectivity index (χ1n) is 6.23. The maximum Gasteiger partial charge on any atom is 0.244 e. The van der Waals surface area contributed by atoms with Crippen molar-refractivity contribution in [1.29, 1.82) is 0 Å². The number of ether oxygens (including phenoxy) is 2. The Kier molecular flexibility index (Phi) is 7.63. The van der Waals surface area contributed by atoms with E-state index >= 15 is 0 Å². The van der Waals surface area contributed by atoms with Crippen molar-refractivity contribution in [2.45, 2.75) is 17.9 Å². The summed E-state index contributed by atoms with van der Waals surface area (Å²) in [5.41, 5.74) is 0. The molecule has 6 nitrogen and oxygen atoms in total. The molecular weight excluding hydrogens is 302 g/mol. The van der Waals surface area contributed by atoms with Crippen molar-refractivity contribution in [1.82, 2.24) is 4.31 Å². The Hall–Kier alpha value is -0.510. The highest BCUT2D eigenvalue weighted by Crippen LogP contribution is 2.25. The molecule has 1 N–H and O–H groups in total. The molecule has 0 unspecified atom stereocenters. The molecule has 20 heavy (non-hydrogen) atoms. The topological polar surface area (TPSA) is 76.1 Å². The Morgan fingerprint density at radius 1 is 1.25 bits per heavy atom. The third-order valence-corrected chi connectivity index (χ3v) is 5.78. The van der Waals surface area contributed by atoms with Gasteiger partial charge in [-0.3, -0.25) is 0 Å². The highest BCUT2D eigenvalue weighted by molar-refractivity contribution is 7.89. The molecule has 1 aromatic heterocycles. The lowest BCUT2D eigenvalue weighted by molar-refractivity contribution is 0.164. The number of thiophene rings is 1. The summed E-state index contributed by atoms with van der Waals surface area (Å²) in [6.45, 7) is 1.19. The quantitative estimate of drug-likeness (QED) is 0.648. The van der Waals surface area contributed by atoms with Gasteiger partial charge >= 0.3 is 0 Å². The van der Waals surface area contributed by atoms with Crippen LogP contribution < -0.4 is 0 Å². The van der Waals surface area contributed by atoms with Crippen molar-refractivity contribution >= 4 is 21.4 Å². The highest BCUT2D eigenvalue weighted by Gasteiger charge is 2.27. The largest absolute Gasteiger partial charge is 0.391 e. The standard InChI is InChI=1S/C12H21NO5S2/c1-17-7-3-5-13(6-8-18-2)20(15,16)12-4-9-19-11(12)10-14/h4,9,14H,3,5-8,10H2,1-2H3. The van der Waals surface area contributed by atoms with E-state index in [0.717, 1.165) is 0 Å². The Bertz CT molecular complexity index is 486. The van der Waals surface area contributed by atoms with Crippen molar-refractivity contribution in [2.75, 3.05) is 40.5 Å². The smallest absolute Gasteiger partial charge is 0.244 e. The van der Waals surface area contributed by atoms with Crippen LogP contribution in [0.4, 0.5) is 0 Å². The first-order valence-corrected chi connectivity index (χ1v) is 8.55. The molecule has 0 atom stereocenters. The minimum Gasteiger partial charge on any atom is -0.391 e. The van der Waals surface area contributed by atoms with Crippen molar-refractivity contribution in [3.8, 4) is 0 Å². The van der Waals surface area contributed by atoms with Gasteiger partial charge in [-0.25, -0.2) is 8.42 Å². The zero-order valence-electron chi connectivity index (χ0n) is 11.7. The van der Waals surface area contributed by atoms with E-state index in [1.807, 2.05) is 0 Å². The van der Waals surface area contributed by atoms with E-state index in [0.29, 0.717) is 31.1 Å². The average molecular weight is 323 g/mol. The van der Waals surface area contributed by atoms with Crippen LogP contribution in [0, 0.1) is 0 Å². The molecule has 1 rings (SSSR count). The van der Waals surface area contributed by atoms with Crippen molar-refractivity contribution in [3.63, 3.8) is 0 Å². The molecule has 0 fully saturated rings. The van der Waals surface area contributed by atoms with Gasteiger partial charge in [-0.2, -0.15) is 4.31 Å². The molecule has 116 valence electrons. The summed E-state index contributed by atoms with van der Waals surface area (Å²) in [5.74, 6) is 0. The molecule has 0 aromatic carbocycles. The first-order chi connectivity index (χ1) is 9.57. The number of hydrogen-bond donors (Lipinski definition) is 1. The van der Waals surface area contributed by atoms with E-state index in [9.17, 15) is 13.5 Å². The number of rotatable bonds is 10. The predicted molar refractivity (Wildman–Crippen MR) is 77.4 cm³/mol. The Morgan fingerprint density at radius 2 is 1.95 bits per heavy atom. The van der Waals surface area contributed by atoms with Crippen molar-refractivity contribution < 1.29 is 23.0 Å². The van der Waals surface area contributed by atoms with Crippen LogP contribution in [0.5, 0.6) is 0 Å². The molecule has 1 heterocycles. The number of nitrogens with zero attached hydrogens (tertiary/aromatic N) is 1. The predicted octanol–water partition coefficient (Wildman–Crippen LogP) is 0.914. The summed E-state index contributed by atoms with van der Waals surface area (Å²) in [7, 11) is -0.493. The fraction of sp³-hybridized carbons (Fsp3) is 0.667. The van der Waals surface area contributed by atoms with Crippen LogP contribution >= 0.6 is 11.3 Å². The van der Waals surface area contributed by atoms with Gasteiger partial charge in [0.25, 0.3) is 0 Å².